The minimum Gasteiger partial charge on any atom is -0.356 e. The van der Waals surface area contributed by atoms with Crippen LogP contribution in [-0.4, -0.2) is 65.1 Å². The number of nitrogens with one attached hydrogen (secondary N) is 4. The summed E-state index contributed by atoms with van der Waals surface area (Å²) in [6.07, 6.45) is -3.50. The van der Waals surface area contributed by atoms with E-state index in [1.807, 2.05) is 0 Å². The van der Waals surface area contributed by atoms with E-state index in [0.29, 0.717) is 24.2 Å². The summed E-state index contributed by atoms with van der Waals surface area (Å²) in [4.78, 5) is 57.4. The number of amides is 3. The number of benzene rings is 1. The number of hydrogen-bond donors (Lipinski definition) is 4. The number of carbonyl (C=O) groups is 4. The molecule has 10 nitrogen and oxygen atoms in total. The van der Waals surface area contributed by atoms with Gasteiger partial charge in [0.2, 0.25) is 11.8 Å². The van der Waals surface area contributed by atoms with Crippen LogP contribution in [0.15, 0.2) is 30.5 Å². The second kappa shape index (κ2) is 12.8. The van der Waals surface area contributed by atoms with Crippen molar-refractivity contribution < 1.29 is 41.5 Å². The van der Waals surface area contributed by atoms with Crippen molar-refractivity contribution in [3.8, 4) is 11.3 Å². The number of imidazole rings is 1. The second-order valence-corrected chi connectivity index (χ2v) is 9.59. The van der Waals surface area contributed by atoms with E-state index in [2.05, 4.69) is 30.7 Å². The summed E-state index contributed by atoms with van der Waals surface area (Å²) in [7, 11) is 0. The molecule has 0 bridgehead atoms. The number of carbonyl (C=O) groups excluding carboxylic acids is 4. The van der Waals surface area contributed by atoms with Gasteiger partial charge in [0.25, 0.3) is 5.91 Å². The third kappa shape index (κ3) is 8.87. The highest BCUT2D eigenvalue weighted by atomic mass is 19.4. The molecule has 14 heteroatoms. The number of halogens is 4. The lowest BCUT2D eigenvalue weighted by Crippen LogP contribution is -2.53. The predicted octanol–water partition coefficient (Wildman–Crippen LogP) is 2.48. The van der Waals surface area contributed by atoms with Crippen LogP contribution in [0.3, 0.4) is 0 Å². The molecule has 0 radical (unpaired) electrons. The third-order valence-electron chi connectivity index (χ3n) is 6.02. The van der Waals surface area contributed by atoms with Gasteiger partial charge < -0.3 is 20.9 Å². The highest BCUT2D eigenvalue weighted by molar-refractivity contribution is 5.97. The number of aromatic nitrogens is 2. The smallest absolute Gasteiger partial charge is 0.356 e. The maximum Gasteiger partial charge on any atom is 0.522 e. The Kier molecular flexibility index (Phi) is 9.78. The van der Waals surface area contributed by atoms with Gasteiger partial charge in [0, 0.05) is 18.0 Å². The van der Waals surface area contributed by atoms with E-state index in [9.17, 15) is 36.7 Å². The zero-order chi connectivity index (χ0) is 28.7. The number of H-pyrrole nitrogens is 1. The summed E-state index contributed by atoms with van der Waals surface area (Å²) in [5.41, 5.74) is 0.797. The highest BCUT2D eigenvalue weighted by Gasteiger charge is 2.36. The molecular formula is C25H29F4N5O5. The fourth-order valence-electron chi connectivity index (χ4n) is 4.12. The lowest BCUT2D eigenvalue weighted by Gasteiger charge is -2.25. The average molecular weight is 556 g/mol. The van der Waals surface area contributed by atoms with Gasteiger partial charge in [-0.1, -0.05) is 26.0 Å². The Morgan fingerprint density at radius 2 is 1.92 bits per heavy atom. The highest BCUT2D eigenvalue weighted by Crippen LogP contribution is 2.21. The molecule has 1 aromatic heterocycles. The zero-order valence-electron chi connectivity index (χ0n) is 21.2. The molecule has 1 aliphatic heterocycles. The Morgan fingerprint density at radius 3 is 2.54 bits per heavy atom. The number of rotatable bonds is 12. The molecule has 1 aliphatic rings. The van der Waals surface area contributed by atoms with E-state index in [0.717, 1.165) is 0 Å². The summed E-state index contributed by atoms with van der Waals surface area (Å²) < 4.78 is 54.7. The Hall–Kier alpha value is -3.81. The fraction of sp³-hybridized carbons (Fsp3) is 0.480. The monoisotopic (exact) mass is 555 g/mol. The van der Waals surface area contributed by atoms with Crippen LogP contribution in [0.4, 0.5) is 17.6 Å². The molecule has 212 valence electrons. The first-order chi connectivity index (χ1) is 18.3. The number of alkyl halides is 3. The minimum absolute atomic E-state index is 0.108. The average Bonchev–Trinajstić information content (AvgIpc) is 3.50. The maximum absolute atomic E-state index is 13.5. The van der Waals surface area contributed by atoms with Crippen molar-refractivity contribution in [2.45, 2.75) is 51.6 Å². The molecule has 1 aromatic carbocycles. The van der Waals surface area contributed by atoms with Gasteiger partial charge in [0.05, 0.1) is 17.9 Å². The van der Waals surface area contributed by atoms with Gasteiger partial charge in [-0.2, -0.15) is 0 Å². The Bertz CT molecular complexity index is 1200. The summed E-state index contributed by atoms with van der Waals surface area (Å²) in [6.45, 7) is 2.55. The molecule has 0 saturated carbocycles. The van der Waals surface area contributed by atoms with Gasteiger partial charge >= 0.3 is 6.36 Å². The Balaban J connectivity index is 1.74. The van der Waals surface area contributed by atoms with Crippen molar-refractivity contribution in [1.29, 1.82) is 0 Å². The molecule has 1 saturated heterocycles. The first kappa shape index (κ1) is 29.7. The predicted molar refractivity (Wildman–Crippen MR) is 129 cm³/mol. The van der Waals surface area contributed by atoms with E-state index >= 15 is 0 Å². The molecule has 0 unspecified atom stereocenters. The fourth-order valence-corrected chi connectivity index (χ4v) is 4.12. The summed E-state index contributed by atoms with van der Waals surface area (Å²) >= 11 is 0. The van der Waals surface area contributed by atoms with Crippen molar-refractivity contribution in [3.05, 3.63) is 42.1 Å². The van der Waals surface area contributed by atoms with Crippen LogP contribution in [-0.2, 0) is 19.1 Å². The SMILES string of the molecule is CC(C)C[C@H](NC(=O)c1ncc(-c2cccc(F)c2)[nH]1)C(=O)N[C@@H](C[C@@H]1CCNC1=O)C(=O)COC(F)(F)F. The van der Waals surface area contributed by atoms with Crippen LogP contribution in [0.2, 0.25) is 0 Å². The van der Waals surface area contributed by atoms with Gasteiger partial charge in [0.1, 0.15) is 18.5 Å². The summed E-state index contributed by atoms with van der Waals surface area (Å²) in [5, 5.41) is 7.49. The Morgan fingerprint density at radius 1 is 1.18 bits per heavy atom. The lowest BCUT2D eigenvalue weighted by molar-refractivity contribution is -0.321. The van der Waals surface area contributed by atoms with Crippen LogP contribution >= 0.6 is 0 Å². The third-order valence-corrected chi connectivity index (χ3v) is 6.02. The number of ether oxygens (including phenoxy) is 1. The molecule has 2 aromatic rings. The number of nitrogens with zero attached hydrogens (tertiary/aromatic N) is 1. The van der Waals surface area contributed by atoms with E-state index in [1.165, 1.54) is 24.4 Å². The van der Waals surface area contributed by atoms with Gasteiger partial charge in [-0.3, -0.25) is 23.9 Å². The van der Waals surface area contributed by atoms with E-state index in [1.54, 1.807) is 19.9 Å². The molecule has 0 spiro atoms. The topological polar surface area (TPSA) is 142 Å². The van der Waals surface area contributed by atoms with E-state index in [4.69, 9.17) is 0 Å². The number of Topliss-reactive ketones (excluding diaryl/α,β-unsaturated/α-hetero) is 1. The molecule has 1 fully saturated rings. The second-order valence-electron chi connectivity index (χ2n) is 9.59. The molecular weight excluding hydrogens is 526 g/mol. The van der Waals surface area contributed by atoms with Crippen molar-refractivity contribution in [1.82, 2.24) is 25.9 Å². The minimum atomic E-state index is -5.06. The first-order valence-corrected chi connectivity index (χ1v) is 12.3. The quantitative estimate of drug-likeness (QED) is 0.297. The van der Waals surface area contributed by atoms with Crippen LogP contribution in [0.5, 0.6) is 0 Å². The van der Waals surface area contributed by atoms with Gasteiger partial charge in [-0.25, -0.2) is 9.37 Å². The molecule has 3 atom stereocenters. The van der Waals surface area contributed by atoms with Gasteiger partial charge in [-0.05, 0) is 37.3 Å². The van der Waals surface area contributed by atoms with Crippen LogP contribution in [0.25, 0.3) is 11.3 Å². The zero-order valence-corrected chi connectivity index (χ0v) is 21.2. The maximum atomic E-state index is 13.5. The van der Waals surface area contributed by atoms with Crippen molar-refractivity contribution in [2.24, 2.45) is 11.8 Å². The molecule has 3 amide bonds. The van der Waals surface area contributed by atoms with Crippen molar-refractivity contribution in [3.63, 3.8) is 0 Å². The first-order valence-electron chi connectivity index (χ1n) is 12.3. The van der Waals surface area contributed by atoms with Crippen LogP contribution < -0.4 is 16.0 Å². The number of ketones is 1. The largest absolute Gasteiger partial charge is 0.522 e. The molecule has 39 heavy (non-hydrogen) atoms. The van der Waals surface area contributed by atoms with Crippen LogP contribution in [0, 0.1) is 17.7 Å². The van der Waals surface area contributed by atoms with E-state index in [-0.39, 0.29) is 30.5 Å². The standard InChI is InChI=1S/C25H29F4N5O5/c1-13(2)8-18(34-24(38)21-31-11-19(32-21)14-4-3-5-16(26)9-14)23(37)33-17(10-15-6-7-30-22(15)36)20(35)12-39-25(27,28)29/h3-5,9,11,13,15,17-18H,6-8,10,12H2,1-2H3,(H,30,36)(H,31,32)(H,33,37)(H,34,38)/t15-,17-,18-/m0/s1. The van der Waals surface area contributed by atoms with Gasteiger partial charge in [0.15, 0.2) is 11.6 Å². The molecule has 4 N–H and O–H groups in total. The number of aromatic amines is 1. The molecule has 2 heterocycles. The summed E-state index contributed by atoms with van der Waals surface area (Å²) in [5.74, 6) is -4.48. The lowest BCUT2D eigenvalue weighted by atomic mass is 9.95. The Labute approximate surface area is 221 Å². The van der Waals surface area contributed by atoms with Gasteiger partial charge in [-0.15, -0.1) is 13.2 Å². The summed E-state index contributed by atoms with van der Waals surface area (Å²) in [6, 6.07) is 2.96. The van der Waals surface area contributed by atoms with E-state index < -0.39 is 54.4 Å². The molecule has 3 rings (SSSR count). The van der Waals surface area contributed by atoms with Crippen LogP contribution in [0.1, 0.15) is 43.7 Å². The van der Waals surface area contributed by atoms with Crippen molar-refractivity contribution in [2.75, 3.05) is 13.2 Å². The molecule has 0 aliphatic carbocycles. The van der Waals surface area contributed by atoms with Crippen molar-refractivity contribution >= 4 is 23.5 Å². The normalized spacial score (nSPS) is 17.0. The number of hydrogen-bond acceptors (Lipinski definition) is 6.